The molecule has 1 heterocycles. The highest BCUT2D eigenvalue weighted by atomic mass is 15.4. The van der Waals surface area contributed by atoms with Gasteiger partial charge in [-0.2, -0.15) is 0 Å². The number of fused-ring (bicyclic) bond motifs is 1. The van der Waals surface area contributed by atoms with Crippen molar-refractivity contribution in [1.29, 1.82) is 0 Å². The van der Waals surface area contributed by atoms with Crippen molar-refractivity contribution in [3.05, 3.63) is 53.9 Å². The quantitative estimate of drug-likeness (QED) is 0.792. The molecular formula is C16H18N4. The summed E-state index contributed by atoms with van der Waals surface area (Å²) in [6, 6.07) is 14.8. The van der Waals surface area contributed by atoms with Crippen LogP contribution >= 0.6 is 0 Å². The Morgan fingerprint density at radius 3 is 2.65 bits per heavy atom. The number of aromatic nitrogens is 3. The van der Waals surface area contributed by atoms with Crippen molar-refractivity contribution in [3.63, 3.8) is 0 Å². The van der Waals surface area contributed by atoms with E-state index in [1.165, 1.54) is 10.8 Å². The molecule has 1 unspecified atom stereocenters. The second-order valence-corrected chi connectivity index (χ2v) is 4.98. The average Bonchev–Trinajstić information content (AvgIpc) is 2.87. The van der Waals surface area contributed by atoms with E-state index in [1.807, 2.05) is 11.7 Å². The van der Waals surface area contributed by atoms with Crippen molar-refractivity contribution in [3.8, 4) is 5.69 Å². The monoisotopic (exact) mass is 266 g/mol. The molecule has 20 heavy (non-hydrogen) atoms. The minimum absolute atomic E-state index is 0.193. The van der Waals surface area contributed by atoms with E-state index in [4.69, 9.17) is 0 Å². The molecule has 0 aliphatic carbocycles. The minimum Gasteiger partial charge on any atom is -0.312 e. The highest BCUT2D eigenvalue weighted by Gasteiger charge is 2.15. The fraction of sp³-hybridized carbons (Fsp3) is 0.250. The van der Waals surface area contributed by atoms with Crippen molar-refractivity contribution in [1.82, 2.24) is 20.3 Å². The van der Waals surface area contributed by atoms with Crippen molar-refractivity contribution >= 4 is 10.8 Å². The average molecular weight is 266 g/mol. The van der Waals surface area contributed by atoms with Crippen LogP contribution in [0, 0.1) is 6.92 Å². The lowest BCUT2D eigenvalue weighted by molar-refractivity contribution is 0.627. The number of benzene rings is 2. The SMILES string of the molecule is CNC(C)c1nnn(-c2cccc3ccccc23)c1C. The van der Waals surface area contributed by atoms with Gasteiger partial charge in [-0.25, -0.2) is 4.68 Å². The Hall–Kier alpha value is -2.20. The molecular weight excluding hydrogens is 248 g/mol. The van der Waals surface area contributed by atoms with Crippen LogP contribution in [0.25, 0.3) is 16.5 Å². The number of hydrogen-bond donors (Lipinski definition) is 1. The maximum atomic E-state index is 4.33. The molecule has 1 N–H and O–H groups in total. The molecule has 0 radical (unpaired) electrons. The number of nitrogens with zero attached hydrogens (tertiary/aromatic N) is 3. The van der Waals surface area contributed by atoms with Gasteiger partial charge in [0, 0.05) is 5.39 Å². The lowest BCUT2D eigenvalue weighted by Crippen LogP contribution is -2.14. The summed E-state index contributed by atoms with van der Waals surface area (Å²) >= 11 is 0. The zero-order chi connectivity index (χ0) is 14.1. The third-order valence-electron chi connectivity index (χ3n) is 3.77. The molecule has 0 saturated heterocycles. The summed E-state index contributed by atoms with van der Waals surface area (Å²) in [5.41, 5.74) is 3.13. The zero-order valence-corrected chi connectivity index (χ0v) is 12.0. The Kier molecular flexibility index (Phi) is 3.24. The highest BCUT2D eigenvalue weighted by molar-refractivity contribution is 5.90. The zero-order valence-electron chi connectivity index (χ0n) is 12.0. The van der Waals surface area contributed by atoms with E-state index in [1.54, 1.807) is 0 Å². The molecule has 1 aromatic heterocycles. The van der Waals surface area contributed by atoms with Gasteiger partial charge in [0.05, 0.1) is 17.4 Å². The largest absolute Gasteiger partial charge is 0.312 e. The van der Waals surface area contributed by atoms with Crippen molar-refractivity contribution < 1.29 is 0 Å². The molecule has 0 saturated carbocycles. The van der Waals surface area contributed by atoms with E-state index in [9.17, 15) is 0 Å². The highest BCUT2D eigenvalue weighted by Crippen LogP contribution is 2.24. The van der Waals surface area contributed by atoms with Crippen molar-refractivity contribution in [2.75, 3.05) is 7.05 Å². The van der Waals surface area contributed by atoms with Gasteiger partial charge in [-0.3, -0.25) is 0 Å². The normalized spacial score (nSPS) is 12.8. The molecule has 4 nitrogen and oxygen atoms in total. The first-order chi connectivity index (χ1) is 9.72. The van der Waals surface area contributed by atoms with Gasteiger partial charge in [-0.15, -0.1) is 5.10 Å². The van der Waals surface area contributed by atoms with E-state index in [-0.39, 0.29) is 6.04 Å². The Labute approximate surface area is 118 Å². The van der Waals surface area contributed by atoms with Crippen LogP contribution in [0.1, 0.15) is 24.4 Å². The lowest BCUT2D eigenvalue weighted by Gasteiger charge is -2.10. The third-order valence-corrected chi connectivity index (χ3v) is 3.77. The molecule has 0 aliphatic heterocycles. The van der Waals surface area contributed by atoms with Gasteiger partial charge in [0.1, 0.15) is 5.69 Å². The first kappa shape index (κ1) is 12.8. The van der Waals surface area contributed by atoms with E-state index < -0.39 is 0 Å². The molecule has 3 aromatic rings. The molecule has 1 atom stereocenters. The van der Waals surface area contributed by atoms with E-state index >= 15 is 0 Å². The maximum absolute atomic E-state index is 4.33. The van der Waals surface area contributed by atoms with Gasteiger partial charge in [-0.05, 0) is 32.3 Å². The summed E-state index contributed by atoms with van der Waals surface area (Å²) in [6.07, 6.45) is 0. The Bertz CT molecular complexity index is 740. The van der Waals surface area contributed by atoms with E-state index in [0.29, 0.717) is 0 Å². The van der Waals surface area contributed by atoms with Crippen LogP contribution < -0.4 is 5.32 Å². The Balaban J connectivity index is 2.19. The second-order valence-electron chi connectivity index (χ2n) is 4.98. The van der Waals surface area contributed by atoms with Gasteiger partial charge in [0.2, 0.25) is 0 Å². The van der Waals surface area contributed by atoms with Crippen LogP contribution in [0.4, 0.5) is 0 Å². The van der Waals surface area contributed by atoms with E-state index in [0.717, 1.165) is 17.1 Å². The summed E-state index contributed by atoms with van der Waals surface area (Å²) in [7, 11) is 1.93. The molecule has 0 amide bonds. The number of nitrogens with one attached hydrogen (secondary N) is 1. The van der Waals surface area contributed by atoms with Crippen LogP contribution in [0.2, 0.25) is 0 Å². The van der Waals surface area contributed by atoms with Gasteiger partial charge in [-0.1, -0.05) is 41.6 Å². The molecule has 3 rings (SSSR count). The number of hydrogen-bond acceptors (Lipinski definition) is 3. The molecule has 0 bridgehead atoms. The van der Waals surface area contributed by atoms with Crippen LogP contribution in [-0.4, -0.2) is 22.0 Å². The third kappa shape index (κ3) is 1.98. The lowest BCUT2D eigenvalue weighted by atomic mass is 10.1. The molecule has 102 valence electrons. The smallest absolute Gasteiger partial charge is 0.103 e. The predicted molar refractivity (Wildman–Crippen MR) is 81.1 cm³/mol. The Morgan fingerprint density at radius 1 is 1.10 bits per heavy atom. The predicted octanol–water partition coefficient (Wildman–Crippen LogP) is 3.01. The van der Waals surface area contributed by atoms with Crippen LogP contribution in [0.5, 0.6) is 0 Å². The van der Waals surface area contributed by atoms with Crippen molar-refractivity contribution in [2.45, 2.75) is 19.9 Å². The fourth-order valence-corrected chi connectivity index (χ4v) is 2.50. The summed E-state index contributed by atoms with van der Waals surface area (Å²) in [6.45, 7) is 4.15. The van der Waals surface area contributed by atoms with Gasteiger partial charge in [0.15, 0.2) is 0 Å². The first-order valence-corrected chi connectivity index (χ1v) is 6.80. The molecule has 0 spiro atoms. The molecule has 4 heteroatoms. The number of rotatable bonds is 3. The molecule has 2 aromatic carbocycles. The van der Waals surface area contributed by atoms with Crippen molar-refractivity contribution in [2.24, 2.45) is 0 Å². The summed E-state index contributed by atoms with van der Waals surface area (Å²) in [5.74, 6) is 0. The topological polar surface area (TPSA) is 42.7 Å². The minimum atomic E-state index is 0.193. The standard InChI is InChI=1S/C16H18N4/c1-11(17-3)16-12(2)20(19-18-16)15-10-6-8-13-7-4-5-9-14(13)15/h4-11,17H,1-3H3. The summed E-state index contributed by atoms with van der Waals surface area (Å²) in [5, 5.41) is 14.3. The summed E-state index contributed by atoms with van der Waals surface area (Å²) in [4.78, 5) is 0. The van der Waals surface area contributed by atoms with Crippen LogP contribution in [0.3, 0.4) is 0 Å². The first-order valence-electron chi connectivity index (χ1n) is 6.80. The maximum Gasteiger partial charge on any atom is 0.103 e. The summed E-state index contributed by atoms with van der Waals surface area (Å²) < 4.78 is 1.92. The second kappa shape index (κ2) is 5.06. The van der Waals surface area contributed by atoms with E-state index in [2.05, 4.69) is 71.9 Å². The van der Waals surface area contributed by atoms with Crippen LogP contribution in [0.15, 0.2) is 42.5 Å². The molecule has 0 fully saturated rings. The fourth-order valence-electron chi connectivity index (χ4n) is 2.50. The Morgan fingerprint density at radius 2 is 1.85 bits per heavy atom. The van der Waals surface area contributed by atoms with Gasteiger partial charge >= 0.3 is 0 Å². The van der Waals surface area contributed by atoms with Gasteiger partial charge in [0.25, 0.3) is 0 Å². The molecule has 0 aliphatic rings. The van der Waals surface area contributed by atoms with Gasteiger partial charge < -0.3 is 5.32 Å². The van der Waals surface area contributed by atoms with Crippen LogP contribution in [-0.2, 0) is 0 Å².